The fourth-order valence-electron chi connectivity index (χ4n) is 3.86. The Morgan fingerprint density at radius 1 is 1.10 bits per heavy atom. The maximum absolute atomic E-state index is 13.0. The van der Waals surface area contributed by atoms with Crippen LogP contribution < -0.4 is 0 Å². The SMILES string of the molecule is CC(C)(C)OC(=O)N(Cc1cccc([N+](=O)[O-])c1)C1CCN(Cc2ccccc2)CC1. The summed E-state index contributed by atoms with van der Waals surface area (Å²) in [6, 6.07) is 16.9. The Labute approximate surface area is 183 Å². The number of amides is 1. The first-order valence-electron chi connectivity index (χ1n) is 10.7. The average Bonchev–Trinajstić information content (AvgIpc) is 2.72. The Bertz CT molecular complexity index is 887. The summed E-state index contributed by atoms with van der Waals surface area (Å²) in [6.45, 7) is 8.49. The monoisotopic (exact) mass is 425 g/mol. The highest BCUT2D eigenvalue weighted by molar-refractivity contribution is 5.68. The van der Waals surface area contributed by atoms with Crippen LogP contribution in [-0.4, -0.2) is 45.5 Å². The van der Waals surface area contributed by atoms with Crippen molar-refractivity contribution >= 4 is 11.8 Å². The molecule has 3 rings (SSSR count). The summed E-state index contributed by atoms with van der Waals surface area (Å²) in [7, 11) is 0. The van der Waals surface area contributed by atoms with Crippen LogP contribution in [0.2, 0.25) is 0 Å². The second kappa shape index (κ2) is 9.92. The van der Waals surface area contributed by atoms with Gasteiger partial charge in [0.1, 0.15) is 5.60 Å². The van der Waals surface area contributed by atoms with Gasteiger partial charge in [0.05, 0.1) is 4.92 Å². The topological polar surface area (TPSA) is 75.9 Å². The van der Waals surface area contributed by atoms with E-state index < -0.39 is 10.5 Å². The fraction of sp³-hybridized carbons (Fsp3) is 0.458. The highest BCUT2D eigenvalue weighted by atomic mass is 16.6. The molecule has 0 aromatic heterocycles. The molecule has 0 aliphatic carbocycles. The molecular weight excluding hydrogens is 394 g/mol. The predicted octanol–water partition coefficient (Wildman–Crippen LogP) is 5.00. The molecule has 0 N–H and O–H groups in total. The third kappa shape index (κ3) is 6.79. The number of likely N-dealkylation sites (tertiary alicyclic amines) is 1. The second-order valence-corrected chi connectivity index (χ2v) is 9.03. The molecule has 0 unspecified atom stereocenters. The number of nitro groups is 1. The molecule has 7 nitrogen and oxygen atoms in total. The molecule has 1 aliphatic rings. The van der Waals surface area contributed by atoms with E-state index in [0.29, 0.717) is 6.54 Å². The van der Waals surface area contributed by atoms with Gasteiger partial charge in [-0.1, -0.05) is 42.5 Å². The number of rotatable bonds is 6. The average molecular weight is 426 g/mol. The van der Waals surface area contributed by atoms with Crippen molar-refractivity contribution in [3.05, 3.63) is 75.8 Å². The number of hydrogen-bond donors (Lipinski definition) is 0. The summed E-state index contributed by atoms with van der Waals surface area (Å²) in [5.74, 6) is 0. The van der Waals surface area contributed by atoms with E-state index in [2.05, 4.69) is 17.0 Å². The standard InChI is InChI=1S/C24H31N3O4/c1-24(2,3)31-23(28)26(18-20-10-7-11-22(16-20)27(29)30)21-12-14-25(15-13-21)17-19-8-5-4-6-9-19/h4-11,16,21H,12-15,17-18H2,1-3H3. The maximum Gasteiger partial charge on any atom is 0.410 e. The lowest BCUT2D eigenvalue weighted by Crippen LogP contribution is -2.48. The Hall–Kier alpha value is -2.93. The lowest BCUT2D eigenvalue weighted by atomic mass is 10.0. The minimum atomic E-state index is -0.605. The van der Waals surface area contributed by atoms with E-state index in [9.17, 15) is 14.9 Å². The first-order chi connectivity index (χ1) is 14.7. The lowest BCUT2D eigenvalue weighted by molar-refractivity contribution is -0.384. The number of carbonyl (C=O) groups excluding carboxylic acids is 1. The van der Waals surface area contributed by atoms with Crippen molar-refractivity contribution in [2.24, 2.45) is 0 Å². The molecular formula is C24H31N3O4. The molecule has 0 saturated carbocycles. The first kappa shape index (κ1) is 22.7. The molecule has 166 valence electrons. The Morgan fingerprint density at radius 2 is 1.74 bits per heavy atom. The van der Waals surface area contributed by atoms with Gasteiger partial charge in [-0.3, -0.25) is 15.0 Å². The van der Waals surface area contributed by atoms with E-state index in [0.717, 1.165) is 38.0 Å². The summed E-state index contributed by atoms with van der Waals surface area (Å²) < 4.78 is 5.66. The van der Waals surface area contributed by atoms with Crippen LogP contribution in [0.15, 0.2) is 54.6 Å². The largest absolute Gasteiger partial charge is 0.444 e. The number of ether oxygens (including phenoxy) is 1. The molecule has 0 spiro atoms. The molecule has 2 aromatic rings. The van der Waals surface area contributed by atoms with Gasteiger partial charge in [-0.15, -0.1) is 0 Å². The fourth-order valence-corrected chi connectivity index (χ4v) is 3.86. The lowest BCUT2D eigenvalue weighted by Gasteiger charge is -2.39. The van der Waals surface area contributed by atoms with Crippen LogP contribution in [0.5, 0.6) is 0 Å². The van der Waals surface area contributed by atoms with Crippen molar-refractivity contribution in [1.29, 1.82) is 0 Å². The van der Waals surface area contributed by atoms with E-state index in [-0.39, 0.29) is 17.8 Å². The van der Waals surface area contributed by atoms with Gasteiger partial charge >= 0.3 is 6.09 Å². The zero-order valence-electron chi connectivity index (χ0n) is 18.5. The molecule has 31 heavy (non-hydrogen) atoms. The second-order valence-electron chi connectivity index (χ2n) is 9.03. The summed E-state index contributed by atoms with van der Waals surface area (Å²) in [4.78, 5) is 27.9. The molecule has 1 saturated heterocycles. The smallest absolute Gasteiger partial charge is 0.410 e. The van der Waals surface area contributed by atoms with Crippen LogP contribution in [0.25, 0.3) is 0 Å². The van der Waals surface area contributed by atoms with Crippen LogP contribution in [0.1, 0.15) is 44.7 Å². The van der Waals surface area contributed by atoms with Gasteiger partial charge in [-0.05, 0) is 44.7 Å². The van der Waals surface area contributed by atoms with Crippen molar-refractivity contribution in [1.82, 2.24) is 9.80 Å². The molecule has 1 amide bonds. The minimum absolute atomic E-state index is 0.0271. The molecule has 2 aromatic carbocycles. The van der Waals surface area contributed by atoms with E-state index in [1.165, 1.54) is 17.7 Å². The molecule has 0 radical (unpaired) electrons. The van der Waals surface area contributed by atoms with E-state index >= 15 is 0 Å². The third-order valence-electron chi connectivity index (χ3n) is 5.35. The van der Waals surface area contributed by atoms with Crippen molar-refractivity contribution in [2.45, 2.75) is 58.3 Å². The van der Waals surface area contributed by atoms with Gasteiger partial charge < -0.3 is 9.64 Å². The summed E-state index contributed by atoms with van der Waals surface area (Å²) >= 11 is 0. The number of hydrogen-bond acceptors (Lipinski definition) is 5. The molecule has 0 atom stereocenters. The molecule has 1 fully saturated rings. The van der Waals surface area contributed by atoms with Gasteiger partial charge in [0.15, 0.2) is 0 Å². The van der Waals surface area contributed by atoms with Gasteiger partial charge in [0.25, 0.3) is 5.69 Å². The van der Waals surface area contributed by atoms with Crippen molar-refractivity contribution < 1.29 is 14.5 Å². The molecule has 0 bridgehead atoms. The van der Waals surface area contributed by atoms with Gasteiger partial charge in [0.2, 0.25) is 0 Å². The van der Waals surface area contributed by atoms with Crippen LogP contribution >= 0.6 is 0 Å². The van der Waals surface area contributed by atoms with Gasteiger partial charge in [0, 0.05) is 44.4 Å². The number of nitrogens with zero attached hydrogens (tertiary/aromatic N) is 3. The van der Waals surface area contributed by atoms with E-state index in [1.54, 1.807) is 11.0 Å². The maximum atomic E-state index is 13.0. The van der Waals surface area contributed by atoms with Gasteiger partial charge in [-0.25, -0.2) is 4.79 Å². The van der Waals surface area contributed by atoms with Crippen molar-refractivity contribution in [3.63, 3.8) is 0 Å². The van der Waals surface area contributed by atoms with E-state index in [4.69, 9.17) is 4.74 Å². The molecule has 7 heteroatoms. The van der Waals surface area contributed by atoms with Crippen molar-refractivity contribution in [3.8, 4) is 0 Å². The normalized spacial score (nSPS) is 15.5. The van der Waals surface area contributed by atoms with Crippen molar-refractivity contribution in [2.75, 3.05) is 13.1 Å². The zero-order chi connectivity index (χ0) is 22.4. The number of piperidine rings is 1. The number of benzene rings is 2. The van der Waals surface area contributed by atoms with Crippen LogP contribution in [0.3, 0.4) is 0 Å². The predicted molar refractivity (Wildman–Crippen MR) is 120 cm³/mol. The van der Waals surface area contributed by atoms with Crippen LogP contribution in [0.4, 0.5) is 10.5 Å². The highest BCUT2D eigenvalue weighted by Gasteiger charge is 2.31. The number of carbonyl (C=O) groups is 1. The van der Waals surface area contributed by atoms with E-state index in [1.807, 2.05) is 45.0 Å². The Balaban J connectivity index is 1.70. The van der Waals surface area contributed by atoms with Crippen LogP contribution in [-0.2, 0) is 17.8 Å². The summed E-state index contributed by atoms with van der Waals surface area (Å²) in [5.41, 5.74) is 1.43. The molecule has 1 heterocycles. The number of nitro benzene ring substituents is 1. The Kier molecular flexibility index (Phi) is 7.28. The van der Waals surface area contributed by atoms with Crippen LogP contribution in [0, 0.1) is 10.1 Å². The summed E-state index contributed by atoms with van der Waals surface area (Å²) in [6.07, 6.45) is 1.29. The quantitative estimate of drug-likeness (QED) is 0.481. The summed E-state index contributed by atoms with van der Waals surface area (Å²) in [5, 5.41) is 11.1. The zero-order valence-corrected chi connectivity index (χ0v) is 18.5. The highest BCUT2D eigenvalue weighted by Crippen LogP contribution is 2.24. The molecule has 1 aliphatic heterocycles. The third-order valence-corrected chi connectivity index (χ3v) is 5.35. The van der Waals surface area contributed by atoms with Gasteiger partial charge in [-0.2, -0.15) is 0 Å². The first-order valence-corrected chi connectivity index (χ1v) is 10.7. The minimum Gasteiger partial charge on any atom is -0.444 e. The number of non-ortho nitro benzene ring substituents is 1. The Morgan fingerprint density at radius 3 is 2.35 bits per heavy atom.